The van der Waals surface area contributed by atoms with Crippen LogP contribution in [0.25, 0.3) is 6.08 Å². The number of hydrogen-bond donors (Lipinski definition) is 4. The van der Waals surface area contributed by atoms with Gasteiger partial charge in [-0.15, -0.1) is 0 Å². The number of phenols is 2. The van der Waals surface area contributed by atoms with Crippen molar-refractivity contribution in [1.82, 2.24) is 5.32 Å². The van der Waals surface area contributed by atoms with Crippen molar-refractivity contribution in [2.24, 2.45) is 5.92 Å². The summed E-state index contributed by atoms with van der Waals surface area (Å²) in [6.45, 7) is 0. The molecule has 0 unspecified atom stereocenters. The van der Waals surface area contributed by atoms with Gasteiger partial charge in [0.25, 0.3) is 0 Å². The highest BCUT2D eigenvalue weighted by molar-refractivity contribution is 6.06. The molecule has 1 saturated heterocycles. The van der Waals surface area contributed by atoms with Crippen LogP contribution < -0.4 is 14.8 Å². The van der Waals surface area contributed by atoms with Crippen LogP contribution in [0.1, 0.15) is 17.2 Å². The number of hydrogen-bond acceptors (Lipinski definition) is 6. The van der Waals surface area contributed by atoms with E-state index in [4.69, 9.17) is 9.47 Å². The molecule has 0 radical (unpaired) electrons. The Balaban J connectivity index is 2.03. The van der Waals surface area contributed by atoms with E-state index in [0.29, 0.717) is 11.1 Å². The van der Waals surface area contributed by atoms with Gasteiger partial charge in [0.2, 0.25) is 5.91 Å². The fourth-order valence-corrected chi connectivity index (χ4v) is 3.19. The Kier molecular flexibility index (Phi) is 5.12. The number of benzene rings is 2. The molecule has 0 aliphatic carbocycles. The number of aliphatic carboxylic acids is 1. The van der Waals surface area contributed by atoms with Crippen molar-refractivity contribution in [2.45, 2.75) is 6.04 Å². The van der Waals surface area contributed by atoms with Crippen molar-refractivity contribution in [3.63, 3.8) is 0 Å². The summed E-state index contributed by atoms with van der Waals surface area (Å²) in [5.41, 5.74) is 1.06. The van der Waals surface area contributed by atoms with Crippen LogP contribution in [0, 0.1) is 5.92 Å². The second kappa shape index (κ2) is 7.51. The molecule has 0 saturated carbocycles. The Morgan fingerprint density at radius 3 is 2.25 bits per heavy atom. The van der Waals surface area contributed by atoms with E-state index in [9.17, 15) is 24.9 Å². The van der Waals surface area contributed by atoms with E-state index in [1.807, 2.05) is 0 Å². The van der Waals surface area contributed by atoms with Gasteiger partial charge in [0.1, 0.15) is 5.92 Å². The molecular weight excluding hydrogens is 366 g/mol. The van der Waals surface area contributed by atoms with Gasteiger partial charge in [-0.05, 0) is 41.5 Å². The number of rotatable bonds is 5. The number of carbonyl (C=O) groups is 2. The minimum atomic E-state index is -1.17. The average Bonchev–Trinajstić information content (AvgIpc) is 3.00. The number of amides is 1. The third-order valence-corrected chi connectivity index (χ3v) is 4.57. The van der Waals surface area contributed by atoms with Gasteiger partial charge in [0.05, 0.1) is 20.3 Å². The van der Waals surface area contributed by atoms with Crippen LogP contribution in [0.4, 0.5) is 0 Å². The van der Waals surface area contributed by atoms with E-state index in [1.165, 1.54) is 50.6 Å². The minimum absolute atomic E-state index is 0.0654. The summed E-state index contributed by atoms with van der Waals surface area (Å²) in [6, 6.07) is 8.03. The number of carboxylic acid groups (broad SMARTS) is 1. The summed E-state index contributed by atoms with van der Waals surface area (Å²) < 4.78 is 10.1. The Bertz CT molecular complexity index is 967. The molecule has 2 aromatic rings. The lowest BCUT2D eigenvalue weighted by Gasteiger charge is -2.17. The average molecular weight is 385 g/mol. The lowest BCUT2D eigenvalue weighted by Crippen LogP contribution is -2.24. The molecule has 8 heteroatoms. The molecule has 0 bridgehead atoms. The molecule has 146 valence electrons. The summed E-state index contributed by atoms with van der Waals surface area (Å²) in [6.07, 6.45) is 1.45. The van der Waals surface area contributed by atoms with Gasteiger partial charge in [-0.1, -0.05) is 12.1 Å². The highest BCUT2D eigenvalue weighted by atomic mass is 16.5. The van der Waals surface area contributed by atoms with E-state index in [0.717, 1.165) is 0 Å². The maximum Gasteiger partial charge on any atom is 0.313 e. The molecule has 8 nitrogen and oxygen atoms in total. The summed E-state index contributed by atoms with van der Waals surface area (Å²) in [7, 11) is 2.77. The summed E-state index contributed by atoms with van der Waals surface area (Å²) in [5.74, 6) is -2.61. The van der Waals surface area contributed by atoms with Crippen molar-refractivity contribution in [1.29, 1.82) is 0 Å². The molecule has 0 spiro atoms. The number of ether oxygens (including phenoxy) is 2. The van der Waals surface area contributed by atoms with Crippen LogP contribution in [-0.4, -0.2) is 41.4 Å². The van der Waals surface area contributed by atoms with Gasteiger partial charge in [-0.25, -0.2) is 0 Å². The number of aromatic hydroxyl groups is 2. The molecule has 28 heavy (non-hydrogen) atoms. The number of nitrogens with one attached hydrogen (secondary N) is 1. The standard InChI is InChI=1S/C20H19NO7/c1-27-15-8-10(3-5-13(15)22)7-12-17(20(25)26)18(21-19(12)24)11-4-6-14(23)16(9-11)28-2/h3-9,17-18,22-23H,1-2H3,(H,21,24)(H,25,26)/b12-7+/t17-,18+/m0/s1. The van der Waals surface area contributed by atoms with Gasteiger partial charge in [0, 0.05) is 5.57 Å². The molecule has 0 aromatic heterocycles. The first kappa shape index (κ1) is 19.1. The highest BCUT2D eigenvalue weighted by Crippen LogP contribution is 2.39. The van der Waals surface area contributed by atoms with Crippen molar-refractivity contribution in [3.8, 4) is 23.0 Å². The minimum Gasteiger partial charge on any atom is -0.504 e. The van der Waals surface area contributed by atoms with E-state index in [1.54, 1.807) is 6.07 Å². The third-order valence-electron chi connectivity index (χ3n) is 4.57. The van der Waals surface area contributed by atoms with Gasteiger partial charge in [0.15, 0.2) is 23.0 Å². The quantitative estimate of drug-likeness (QED) is 0.581. The topological polar surface area (TPSA) is 125 Å². The molecule has 1 fully saturated rings. The number of carboxylic acids is 1. The number of phenolic OH excluding ortho intramolecular Hbond substituents is 2. The maximum atomic E-state index is 12.5. The van der Waals surface area contributed by atoms with Crippen LogP contribution in [0.2, 0.25) is 0 Å². The predicted octanol–water partition coefficient (Wildman–Crippen LogP) is 2.07. The molecular formula is C20H19NO7. The third kappa shape index (κ3) is 3.44. The molecule has 3 rings (SSSR count). The predicted molar refractivity (Wildman–Crippen MR) is 99.3 cm³/mol. The van der Waals surface area contributed by atoms with Crippen molar-refractivity contribution in [2.75, 3.05) is 14.2 Å². The van der Waals surface area contributed by atoms with Crippen LogP contribution in [0.5, 0.6) is 23.0 Å². The van der Waals surface area contributed by atoms with Crippen LogP contribution in [0.3, 0.4) is 0 Å². The zero-order valence-corrected chi connectivity index (χ0v) is 15.2. The molecule has 2 aromatic carbocycles. The normalized spacial score (nSPS) is 20.1. The van der Waals surface area contributed by atoms with Gasteiger partial charge in [-0.2, -0.15) is 0 Å². The van der Waals surface area contributed by atoms with E-state index >= 15 is 0 Å². The first-order valence-corrected chi connectivity index (χ1v) is 8.35. The number of carbonyl (C=O) groups excluding carboxylic acids is 1. The highest BCUT2D eigenvalue weighted by Gasteiger charge is 2.43. The second-order valence-corrected chi connectivity index (χ2v) is 6.23. The van der Waals surface area contributed by atoms with Crippen molar-refractivity contribution >= 4 is 18.0 Å². The Morgan fingerprint density at radius 1 is 1.04 bits per heavy atom. The molecule has 1 aliphatic rings. The fourth-order valence-electron chi connectivity index (χ4n) is 3.19. The zero-order valence-electron chi connectivity index (χ0n) is 15.2. The summed E-state index contributed by atoms with van der Waals surface area (Å²) >= 11 is 0. The SMILES string of the molecule is COc1cc(/C=C2/C(=O)N[C@H](c3ccc(O)c(OC)c3)[C@H]2C(=O)O)ccc1O. The van der Waals surface area contributed by atoms with Gasteiger partial charge < -0.3 is 30.1 Å². The van der Waals surface area contributed by atoms with Crippen molar-refractivity contribution in [3.05, 3.63) is 53.1 Å². The first-order valence-electron chi connectivity index (χ1n) is 8.35. The van der Waals surface area contributed by atoms with E-state index < -0.39 is 23.8 Å². The Labute approximate surface area is 160 Å². The first-order chi connectivity index (χ1) is 13.3. The van der Waals surface area contributed by atoms with E-state index in [2.05, 4.69) is 5.32 Å². The molecule has 1 amide bonds. The molecule has 1 heterocycles. The smallest absolute Gasteiger partial charge is 0.313 e. The molecule has 4 N–H and O–H groups in total. The van der Waals surface area contributed by atoms with Crippen LogP contribution >= 0.6 is 0 Å². The van der Waals surface area contributed by atoms with E-state index in [-0.39, 0.29) is 28.6 Å². The monoisotopic (exact) mass is 385 g/mol. The maximum absolute atomic E-state index is 12.5. The van der Waals surface area contributed by atoms with Gasteiger partial charge in [-0.3, -0.25) is 9.59 Å². The summed E-state index contributed by atoms with van der Waals surface area (Å²) in [4.78, 5) is 24.5. The lowest BCUT2D eigenvalue weighted by atomic mass is 9.89. The number of methoxy groups -OCH3 is 2. The summed E-state index contributed by atoms with van der Waals surface area (Å²) in [5, 5.41) is 31.9. The van der Waals surface area contributed by atoms with Gasteiger partial charge >= 0.3 is 5.97 Å². The Hall–Kier alpha value is -3.68. The zero-order chi connectivity index (χ0) is 20.4. The van der Waals surface area contributed by atoms with Crippen LogP contribution in [0.15, 0.2) is 42.0 Å². The lowest BCUT2D eigenvalue weighted by molar-refractivity contribution is -0.140. The van der Waals surface area contributed by atoms with Crippen LogP contribution in [-0.2, 0) is 9.59 Å². The fraction of sp³-hybridized carbons (Fsp3) is 0.200. The largest absolute Gasteiger partial charge is 0.504 e. The Morgan fingerprint density at radius 2 is 1.64 bits per heavy atom. The molecule has 1 aliphatic heterocycles. The second-order valence-electron chi connectivity index (χ2n) is 6.23. The molecule has 2 atom stereocenters. The van der Waals surface area contributed by atoms with Crippen molar-refractivity contribution < 1.29 is 34.4 Å².